The van der Waals surface area contributed by atoms with E-state index in [0.29, 0.717) is 17.2 Å². The normalized spacial score (nSPS) is 10.4. The summed E-state index contributed by atoms with van der Waals surface area (Å²) in [6.07, 6.45) is 1.47. The Hall–Kier alpha value is -1.79. The van der Waals surface area contributed by atoms with Crippen LogP contribution in [-0.2, 0) is 9.53 Å². The van der Waals surface area contributed by atoms with Gasteiger partial charge in [0.25, 0.3) is 5.56 Å². The van der Waals surface area contributed by atoms with Crippen LogP contribution in [0.15, 0.2) is 46.2 Å². The Kier molecular flexibility index (Phi) is 5.41. The molecular formula is C14H13ClN2O3S. The Balaban J connectivity index is 2.22. The molecular weight excluding hydrogens is 312 g/mol. The molecule has 0 saturated heterocycles. The molecule has 110 valence electrons. The number of aromatic nitrogens is 2. The third kappa shape index (κ3) is 3.86. The number of benzene rings is 1. The van der Waals surface area contributed by atoms with Crippen molar-refractivity contribution in [3.05, 3.63) is 51.9 Å². The van der Waals surface area contributed by atoms with E-state index >= 15 is 0 Å². The summed E-state index contributed by atoms with van der Waals surface area (Å²) < 4.78 is 6.04. The summed E-state index contributed by atoms with van der Waals surface area (Å²) in [5.41, 5.74) is 0.211. The van der Waals surface area contributed by atoms with Crippen LogP contribution in [0.3, 0.4) is 0 Å². The predicted molar refractivity (Wildman–Crippen MR) is 82.2 cm³/mol. The third-order valence-electron chi connectivity index (χ3n) is 2.54. The number of ether oxygens (including phenoxy) is 1. The van der Waals surface area contributed by atoms with E-state index in [0.717, 1.165) is 11.8 Å². The number of hydrogen-bond acceptors (Lipinski definition) is 5. The van der Waals surface area contributed by atoms with Gasteiger partial charge in [-0.1, -0.05) is 29.8 Å². The van der Waals surface area contributed by atoms with Gasteiger partial charge < -0.3 is 4.74 Å². The minimum atomic E-state index is -0.420. The molecule has 0 atom stereocenters. The van der Waals surface area contributed by atoms with Gasteiger partial charge in [-0.3, -0.25) is 9.59 Å². The molecule has 5 nitrogen and oxygen atoms in total. The topological polar surface area (TPSA) is 61.2 Å². The molecule has 1 aromatic heterocycles. The van der Waals surface area contributed by atoms with Crippen LogP contribution < -0.4 is 5.56 Å². The van der Waals surface area contributed by atoms with Gasteiger partial charge in [-0.25, -0.2) is 0 Å². The Bertz CT molecular complexity index is 688. The van der Waals surface area contributed by atoms with Gasteiger partial charge in [0.2, 0.25) is 0 Å². The summed E-state index contributed by atoms with van der Waals surface area (Å²) in [5, 5.41) is 4.12. The molecule has 1 aromatic carbocycles. The second kappa shape index (κ2) is 7.28. The number of nitrogens with zero attached hydrogens (tertiary/aromatic N) is 2. The Labute approximate surface area is 130 Å². The lowest BCUT2D eigenvalue weighted by Gasteiger charge is -2.07. The molecule has 0 aliphatic heterocycles. The number of carbonyl (C=O) groups is 1. The highest BCUT2D eigenvalue weighted by molar-refractivity contribution is 8.00. The minimum Gasteiger partial charge on any atom is -0.465 e. The van der Waals surface area contributed by atoms with E-state index in [1.165, 1.54) is 10.9 Å². The monoisotopic (exact) mass is 324 g/mol. The average molecular weight is 325 g/mol. The van der Waals surface area contributed by atoms with Crippen LogP contribution in [0.4, 0.5) is 0 Å². The SMILES string of the molecule is CCOC(=O)CSc1cnn(-c2ccccc2)c(=O)c1Cl. The molecule has 0 saturated carbocycles. The second-order valence-electron chi connectivity index (χ2n) is 3.97. The third-order valence-corrected chi connectivity index (χ3v) is 4.02. The van der Waals surface area contributed by atoms with Crippen LogP contribution in [-0.4, -0.2) is 28.1 Å². The zero-order valence-corrected chi connectivity index (χ0v) is 12.9. The maximum Gasteiger partial charge on any atom is 0.316 e. The van der Waals surface area contributed by atoms with Gasteiger partial charge >= 0.3 is 5.97 Å². The number of hydrogen-bond donors (Lipinski definition) is 0. The first-order valence-corrected chi connectivity index (χ1v) is 7.61. The van der Waals surface area contributed by atoms with Gasteiger partial charge in [-0.2, -0.15) is 9.78 Å². The smallest absolute Gasteiger partial charge is 0.316 e. The van der Waals surface area contributed by atoms with Crippen LogP contribution >= 0.6 is 23.4 Å². The fourth-order valence-electron chi connectivity index (χ4n) is 1.61. The number of rotatable bonds is 5. The van der Waals surface area contributed by atoms with Crippen molar-refractivity contribution >= 4 is 29.3 Å². The maximum atomic E-state index is 12.2. The van der Waals surface area contributed by atoms with E-state index in [4.69, 9.17) is 16.3 Å². The zero-order chi connectivity index (χ0) is 15.2. The molecule has 0 spiro atoms. The first-order valence-electron chi connectivity index (χ1n) is 6.25. The molecule has 0 radical (unpaired) electrons. The van der Waals surface area contributed by atoms with Crippen LogP contribution in [0, 0.1) is 0 Å². The van der Waals surface area contributed by atoms with Crippen LogP contribution in [0.1, 0.15) is 6.92 Å². The lowest BCUT2D eigenvalue weighted by Crippen LogP contribution is -2.22. The quantitative estimate of drug-likeness (QED) is 0.625. The first kappa shape index (κ1) is 15.6. The van der Waals surface area contributed by atoms with Gasteiger partial charge in [0, 0.05) is 0 Å². The largest absolute Gasteiger partial charge is 0.465 e. The fraction of sp³-hybridized carbons (Fsp3) is 0.214. The molecule has 0 fully saturated rings. The van der Waals surface area contributed by atoms with Gasteiger partial charge in [-0.15, -0.1) is 11.8 Å². The summed E-state index contributed by atoms with van der Waals surface area (Å²) in [5.74, 6) is -0.268. The van der Waals surface area contributed by atoms with Crippen molar-refractivity contribution in [2.45, 2.75) is 11.8 Å². The van der Waals surface area contributed by atoms with Crippen LogP contribution in [0.25, 0.3) is 5.69 Å². The minimum absolute atomic E-state index is 0.0446. The van der Waals surface area contributed by atoms with E-state index in [2.05, 4.69) is 5.10 Å². The zero-order valence-electron chi connectivity index (χ0n) is 11.3. The average Bonchev–Trinajstić information content (AvgIpc) is 2.50. The van der Waals surface area contributed by atoms with Crippen molar-refractivity contribution < 1.29 is 9.53 Å². The van der Waals surface area contributed by atoms with Crippen molar-refractivity contribution in [1.82, 2.24) is 9.78 Å². The molecule has 0 aliphatic carbocycles. The van der Waals surface area contributed by atoms with E-state index in [9.17, 15) is 9.59 Å². The summed E-state index contributed by atoms with van der Waals surface area (Å²) >= 11 is 7.19. The van der Waals surface area contributed by atoms with Crippen molar-refractivity contribution in [2.24, 2.45) is 0 Å². The van der Waals surface area contributed by atoms with Crippen LogP contribution in [0.2, 0.25) is 5.02 Å². The summed E-state index contributed by atoms with van der Waals surface area (Å²) in [6.45, 7) is 2.05. The summed E-state index contributed by atoms with van der Waals surface area (Å²) in [7, 11) is 0. The van der Waals surface area contributed by atoms with Crippen LogP contribution in [0.5, 0.6) is 0 Å². The summed E-state index contributed by atoms with van der Waals surface area (Å²) in [6, 6.07) is 8.98. The highest BCUT2D eigenvalue weighted by Gasteiger charge is 2.12. The number of para-hydroxylation sites is 1. The second-order valence-corrected chi connectivity index (χ2v) is 5.36. The highest BCUT2D eigenvalue weighted by Crippen LogP contribution is 2.23. The molecule has 0 amide bonds. The lowest BCUT2D eigenvalue weighted by molar-refractivity contribution is -0.139. The Morgan fingerprint density at radius 1 is 1.38 bits per heavy atom. The van der Waals surface area contributed by atoms with Crippen molar-refractivity contribution in [3.63, 3.8) is 0 Å². The molecule has 0 aliphatic rings. The molecule has 0 N–H and O–H groups in total. The van der Waals surface area contributed by atoms with Gasteiger partial charge in [0.1, 0.15) is 5.02 Å². The lowest BCUT2D eigenvalue weighted by atomic mass is 10.3. The molecule has 7 heteroatoms. The van der Waals surface area contributed by atoms with E-state index in [-0.39, 0.29) is 16.7 Å². The fourth-order valence-corrected chi connectivity index (χ4v) is 2.60. The van der Waals surface area contributed by atoms with Gasteiger partial charge in [0.15, 0.2) is 0 Å². The Morgan fingerprint density at radius 3 is 2.76 bits per heavy atom. The number of halogens is 1. The number of esters is 1. The molecule has 21 heavy (non-hydrogen) atoms. The first-order chi connectivity index (χ1) is 10.1. The van der Waals surface area contributed by atoms with Crippen molar-refractivity contribution in [2.75, 3.05) is 12.4 Å². The molecule has 1 heterocycles. The molecule has 0 unspecified atom stereocenters. The maximum absolute atomic E-state index is 12.2. The summed E-state index contributed by atoms with van der Waals surface area (Å²) in [4.78, 5) is 24.0. The van der Waals surface area contributed by atoms with E-state index < -0.39 is 5.56 Å². The van der Waals surface area contributed by atoms with Gasteiger partial charge in [-0.05, 0) is 19.1 Å². The highest BCUT2D eigenvalue weighted by atomic mass is 35.5. The van der Waals surface area contributed by atoms with E-state index in [1.54, 1.807) is 31.2 Å². The van der Waals surface area contributed by atoms with Crippen molar-refractivity contribution in [1.29, 1.82) is 0 Å². The molecule has 2 rings (SSSR count). The molecule has 2 aromatic rings. The molecule has 0 bridgehead atoms. The van der Waals surface area contributed by atoms with Gasteiger partial charge in [0.05, 0.1) is 29.1 Å². The predicted octanol–water partition coefficient (Wildman–Crippen LogP) is 2.54. The Morgan fingerprint density at radius 2 is 2.10 bits per heavy atom. The standard InChI is InChI=1S/C14H13ClN2O3S/c1-2-20-12(18)9-21-11-8-16-17(14(19)13(11)15)10-6-4-3-5-7-10/h3-8H,2,9H2,1H3. The number of carbonyl (C=O) groups excluding carboxylic acids is 1. The number of thioether (sulfide) groups is 1. The van der Waals surface area contributed by atoms with Crippen molar-refractivity contribution in [3.8, 4) is 5.69 Å². The van der Waals surface area contributed by atoms with E-state index in [1.807, 2.05) is 6.07 Å².